The number of nitrogens with zero attached hydrogens (tertiary/aromatic N) is 2. The molecule has 0 fully saturated rings. The van der Waals surface area contributed by atoms with Gasteiger partial charge in [0.2, 0.25) is 15.9 Å². The Morgan fingerprint density at radius 3 is 2.57 bits per heavy atom. The van der Waals surface area contributed by atoms with Gasteiger partial charge in [-0.15, -0.1) is 11.3 Å². The van der Waals surface area contributed by atoms with Crippen molar-refractivity contribution in [3.8, 4) is 0 Å². The lowest BCUT2D eigenvalue weighted by Gasteiger charge is -2.21. The summed E-state index contributed by atoms with van der Waals surface area (Å²) in [5, 5.41) is 4.71. The van der Waals surface area contributed by atoms with Crippen molar-refractivity contribution in [1.29, 1.82) is 0 Å². The van der Waals surface area contributed by atoms with E-state index in [2.05, 4.69) is 10.3 Å². The number of rotatable bonds is 7. The highest BCUT2D eigenvalue weighted by molar-refractivity contribution is 7.89. The Morgan fingerprint density at radius 2 is 1.96 bits per heavy atom. The summed E-state index contributed by atoms with van der Waals surface area (Å²) in [4.78, 5) is 17.3. The number of nitrogens with one attached hydrogen (secondary N) is 1. The molecule has 0 bridgehead atoms. The molecule has 0 radical (unpaired) electrons. The minimum atomic E-state index is -3.83. The average molecular weight is 420 g/mol. The van der Waals surface area contributed by atoms with E-state index in [9.17, 15) is 17.6 Å². The van der Waals surface area contributed by atoms with Gasteiger partial charge in [0.1, 0.15) is 10.7 Å². The predicted molar refractivity (Wildman–Crippen MR) is 105 cm³/mol. The van der Waals surface area contributed by atoms with E-state index in [0.717, 1.165) is 9.18 Å². The second kappa shape index (κ2) is 8.59. The first kappa shape index (κ1) is 20.1. The third-order valence-corrected chi connectivity index (χ3v) is 6.77. The van der Waals surface area contributed by atoms with Gasteiger partial charge < -0.3 is 5.32 Å². The lowest BCUT2D eigenvalue weighted by atomic mass is 10.1. The van der Waals surface area contributed by atoms with Crippen LogP contribution in [-0.2, 0) is 14.8 Å². The van der Waals surface area contributed by atoms with Crippen LogP contribution in [0.15, 0.2) is 71.2 Å². The number of sulfonamides is 1. The highest BCUT2D eigenvalue weighted by Crippen LogP contribution is 2.26. The van der Waals surface area contributed by atoms with E-state index in [0.29, 0.717) is 5.56 Å². The summed E-state index contributed by atoms with van der Waals surface area (Å²) in [5.41, 5.74) is 0.704. The fraction of sp³-hybridized carbons (Fsp3) is 0.158. The molecule has 1 aromatic carbocycles. The number of thiophene rings is 1. The molecule has 9 heteroatoms. The average Bonchev–Trinajstić information content (AvgIpc) is 3.22. The predicted octanol–water partition coefficient (Wildman–Crippen LogP) is 2.81. The summed E-state index contributed by atoms with van der Waals surface area (Å²) >= 11 is 1.44. The van der Waals surface area contributed by atoms with Crippen LogP contribution in [-0.4, -0.2) is 37.2 Å². The highest BCUT2D eigenvalue weighted by atomic mass is 32.2. The Labute approximate surface area is 166 Å². The second-order valence-corrected chi connectivity index (χ2v) is 9.04. The molecular weight excluding hydrogens is 401 g/mol. The normalized spacial score (nSPS) is 12.7. The van der Waals surface area contributed by atoms with Gasteiger partial charge in [-0.25, -0.2) is 12.8 Å². The molecule has 3 rings (SSSR count). The molecule has 146 valence electrons. The van der Waals surface area contributed by atoms with Crippen LogP contribution in [0, 0.1) is 5.82 Å². The molecule has 0 aliphatic rings. The number of likely N-dealkylation sites (N-methyl/N-ethyl adjacent to an activating group) is 1. The molecule has 0 aliphatic heterocycles. The van der Waals surface area contributed by atoms with Gasteiger partial charge in [-0.3, -0.25) is 9.78 Å². The number of carbonyl (C=O) groups excluding carboxylic acids is 1. The van der Waals surface area contributed by atoms with Gasteiger partial charge >= 0.3 is 0 Å². The molecule has 0 aliphatic carbocycles. The highest BCUT2D eigenvalue weighted by Gasteiger charge is 2.25. The molecule has 28 heavy (non-hydrogen) atoms. The van der Waals surface area contributed by atoms with Crippen LogP contribution in [0.1, 0.15) is 16.5 Å². The van der Waals surface area contributed by atoms with Crippen LogP contribution >= 0.6 is 11.3 Å². The summed E-state index contributed by atoms with van der Waals surface area (Å²) in [6.07, 6.45) is 2.71. The monoisotopic (exact) mass is 419 g/mol. The van der Waals surface area contributed by atoms with E-state index >= 15 is 0 Å². The van der Waals surface area contributed by atoms with Crippen molar-refractivity contribution in [1.82, 2.24) is 14.6 Å². The molecule has 0 saturated carbocycles. The maximum absolute atomic E-state index is 13.3. The SMILES string of the molecule is CN(CC(=O)NC(c1ccc(F)cc1)c1cccs1)S(=O)(=O)c1cccnc1. The Morgan fingerprint density at radius 1 is 1.21 bits per heavy atom. The molecule has 0 saturated heterocycles. The van der Waals surface area contributed by atoms with Crippen LogP contribution < -0.4 is 5.32 Å². The van der Waals surface area contributed by atoms with Crippen LogP contribution in [0.3, 0.4) is 0 Å². The van der Waals surface area contributed by atoms with Gasteiger partial charge in [0.05, 0.1) is 12.6 Å². The maximum atomic E-state index is 13.3. The number of halogens is 1. The van der Waals surface area contributed by atoms with Crippen molar-refractivity contribution in [2.24, 2.45) is 0 Å². The summed E-state index contributed by atoms with van der Waals surface area (Å²) in [6.45, 7) is -0.361. The van der Waals surface area contributed by atoms with E-state index in [1.54, 1.807) is 12.1 Å². The molecule has 1 unspecified atom stereocenters. The lowest BCUT2D eigenvalue weighted by Crippen LogP contribution is -2.40. The van der Waals surface area contributed by atoms with Crippen molar-refractivity contribution in [2.45, 2.75) is 10.9 Å². The van der Waals surface area contributed by atoms with E-state index in [1.807, 2.05) is 17.5 Å². The Bertz CT molecular complexity index is 1020. The van der Waals surface area contributed by atoms with E-state index in [1.165, 1.54) is 55.0 Å². The fourth-order valence-electron chi connectivity index (χ4n) is 2.60. The number of aromatic nitrogens is 1. The first-order valence-corrected chi connectivity index (χ1v) is 10.6. The summed E-state index contributed by atoms with van der Waals surface area (Å²) in [6, 6.07) is 12.0. The lowest BCUT2D eigenvalue weighted by molar-refractivity contribution is -0.121. The fourth-order valence-corrected chi connectivity index (χ4v) is 4.50. The molecule has 0 spiro atoms. The molecule has 1 amide bonds. The molecule has 3 aromatic rings. The molecular formula is C19H18FN3O3S2. The summed E-state index contributed by atoms with van der Waals surface area (Å²) in [5.74, 6) is -0.847. The molecule has 1 atom stereocenters. The third kappa shape index (κ3) is 4.61. The molecule has 2 aromatic heterocycles. The smallest absolute Gasteiger partial charge is 0.244 e. The summed E-state index contributed by atoms with van der Waals surface area (Å²) < 4.78 is 39.3. The maximum Gasteiger partial charge on any atom is 0.244 e. The Kier molecular flexibility index (Phi) is 6.18. The standard InChI is InChI=1S/C19H18FN3O3S2/c1-23(28(25,26)16-4-2-10-21-12-16)13-18(24)22-19(17-5-3-11-27-17)14-6-8-15(20)9-7-14/h2-12,19H,13H2,1H3,(H,22,24). The molecule has 2 heterocycles. The summed E-state index contributed by atoms with van der Waals surface area (Å²) in [7, 11) is -2.50. The quantitative estimate of drug-likeness (QED) is 0.639. The van der Waals surface area contributed by atoms with Crippen LogP contribution in [0.5, 0.6) is 0 Å². The number of carbonyl (C=O) groups is 1. The van der Waals surface area contributed by atoms with Crippen LogP contribution in [0.25, 0.3) is 0 Å². The Hall–Kier alpha value is -2.62. The minimum Gasteiger partial charge on any atom is -0.343 e. The third-order valence-electron chi connectivity index (χ3n) is 4.05. The zero-order valence-corrected chi connectivity index (χ0v) is 16.6. The van der Waals surface area contributed by atoms with Crippen molar-refractivity contribution in [2.75, 3.05) is 13.6 Å². The van der Waals surface area contributed by atoms with Crippen LogP contribution in [0.4, 0.5) is 4.39 Å². The van der Waals surface area contributed by atoms with Gasteiger partial charge in [-0.2, -0.15) is 4.31 Å². The van der Waals surface area contributed by atoms with Crippen molar-refractivity contribution < 1.29 is 17.6 Å². The number of pyridine rings is 1. The van der Waals surface area contributed by atoms with Gasteiger partial charge in [0, 0.05) is 24.3 Å². The van der Waals surface area contributed by atoms with Gasteiger partial charge in [-0.1, -0.05) is 18.2 Å². The van der Waals surface area contributed by atoms with E-state index in [-0.39, 0.29) is 17.3 Å². The first-order chi connectivity index (χ1) is 13.4. The van der Waals surface area contributed by atoms with Crippen molar-refractivity contribution in [3.63, 3.8) is 0 Å². The zero-order chi connectivity index (χ0) is 20.1. The van der Waals surface area contributed by atoms with Gasteiger partial charge in [0.25, 0.3) is 0 Å². The number of hydrogen-bond acceptors (Lipinski definition) is 5. The second-order valence-electron chi connectivity index (χ2n) is 6.02. The van der Waals surface area contributed by atoms with Crippen LogP contribution in [0.2, 0.25) is 0 Å². The van der Waals surface area contributed by atoms with Crippen molar-refractivity contribution >= 4 is 27.3 Å². The first-order valence-electron chi connectivity index (χ1n) is 8.32. The number of amides is 1. The minimum absolute atomic E-state index is 0.0126. The van der Waals surface area contributed by atoms with E-state index < -0.39 is 22.0 Å². The topological polar surface area (TPSA) is 79.4 Å². The number of hydrogen-bond donors (Lipinski definition) is 1. The molecule has 6 nitrogen and oxygen atoms in total. The van der Waals surface area contributed by atoms with Gasteiger partial charge in [-0.05, 0) is 41.3 Å². The van der Waals surface area contributed by atoms with Crippen molar-refractivity contribution in [3.05, 3.63) is 82.6 Å². The molecule has 1 N–H and O–H groups in total. The zero-order valence-electron chi connectivity index (χ0n) is 14.9. The Balaban J connectivity index is 1.76. The van der Waals surface area contributed by atoms with Gasteiger partial charge in [0.15, 0.2) is 0 Å². The largest absolute Gasteiger partial charge is 0.343 e. The number of benzene rings is 1. The van der Waals surface area contributed by atoms with E-state index in [4.69, 9.17) is 0 Å².